The molecule has 0 saturated heterocycles. The lowest BCUT2D eigenvalue weighted by molar-refractivity contribution is 0.0970. The van der Waals surface area contributed by atoms with E-state index in [0.29, 0.717) is 11.3 Å². The van der Waals surface area contributed by atoms with Crippen molar-refractivity contribution < 1.29 is 9.53 Å². The number of hydrogen-bond donors (Lipinski definition) is 0. The van der Waals surface area contributed by atoms with E-state index in [-0.39, 0.29) is 0 Å². The summed E-state index contributed by atoms with van der Waals surface area (Å²) >= 11 is 0. The molecule has 0 saturated carbocycles. The van der Waals surface area contributed by atoms with E-state index in [1.807, 2.05) is 0 Å². The van der Waals surface area contributed by atoms with Gasteiger partial charge < -0.3 is 4.74 Å². The number of carbonyl (C=O) groups is 1. The molecular formula is C11H8N2O2. The average Bonchev–Trinajstić information content (AvgIpc) is 2.30. The molecule has 4 heteroatoms. The summed E-state index contributed by atoms with van der Waals surface area (Å²) in [6.07, 6.45) is 0. The lowest BCUT2D eigenvalue weighted by atomic mass is 10.0. The van der Waals surface area contributed by atoms with Crippen molar-refractivity contribution in [2.24, 2.45) is 5.92 Å². The van der Waals surface area contributed by atoms with E-state index in [4.69, 9.17) is 15.3 Å². The van der Waals surface area contributed by atoms with Crippen molar-refractivity contribution in [1.29, 1.82) is 10.5 Å². The highest BCUT2D eigenvalue weighted by molar-refractivity contribution is 6.01. The molecule has 74 valence electrons. The van der Waals surface area contributed by atoms with Gasteiger partial charge in [-0.25, -0.2) is 0 Å². The summed E-state index contributed by atoms with van der Waals surface area (Å²) in [5, 5.41) is 17.1. The smallest absolute Gasteiger partial charge is 0.195 e. The van der Waals surface area contributed by atoms with E-state index in [0.717, 1.165) is 0 Å². The second-order valence-electron chi connectivity index (χ2n) is 2.79. The molecule has 0 aliphatic rings. The maximum absolute atomic E-state index is 11.6. The highest BCUT2D eigenvalue weighted by Crippen LogP contribution is 2.15. The number of rotatable bonds is 3. The number of Topliss-reactive ketones (excluding diaryl/α,β-unsaturated/α-hetero) is 1. The molecule has 0 unspecified atom stereocenters. The molecule has 0 spiro atoms. The minimum absolute atomic E-state index is 0.308. The molecule has 15 heavy (non-hydrogen) atoms. The summed E-state index contributed by atoms with van der Waals surface area (Å²) in [6, 6.07) is 9.65. The van der Waals surface area contributed by atoms with Gasteiger partial charge >= 0.3 is 0 Å². The zero-order chi connectivity index (χ0) is 11.3. The van der Waals surface area contributed by atoms with Crippen LogP contribution in [0, 0.1) is 28.6 Å². The maximum atomic E-state index is 11.6. The van der Waals surface area contributed by atoms with E-state index in [9.17, 15) is 4.79 Å². The molecule has 4 nitrogen and oxygen atoms in total. The third-order valence-corrected chi connectivity index (χ3v) is 1.87. The Bertz CT molecular complexity index is 440. The van der Waals surface area contributed by atoms with Gasteiger partial charge in [0.2, 0.25) is 0 Å². The van der Waals surface area contributed by atoms with Gasteiger partial charge in [-0.2, -0.15) is 10.5 Å². The molecule has 0 amide bonds. The van der Waals surface area contributed by atoms with Crippen LogP contribution in [0.15, 0.2) is 24.3 Å². The number of carbonyl (C=O) groups excluding carboxylic acids is 1. The van der Waals surface area contributed by atoms with Crippen LogP contribution in [0.3, 0.4) is 0 Å². The van der Waals surface area contributed by atoms with Crippen molar-refractivity contribution in [2.45, 2.75) is 0 Å². The lowest BCUT2D eigenvalue weighted by Crippen LogP contribution is -2.10. The largest absolute Gasteiger partial charge is 0.497 e. The summed E-state index contributed by atoms with van der Waals surface area (Å²) < 4.78 is 4.93. The summed E-state index contributed by atoms with van der Waals surface area (Å²) in [6.45, 7) is 0. The number of ketones is 1. The Morgan fingerprint density at radius 1 is 1.40 bits per heavy atom. The first-order valence-electron chi connectivity index (χ1n) is 4.20. The van der Waals surface area contributed by atoms with Gasteiger partial charge in [-0.3, -0.25) is 4.79 Å². The summed E-state index contributed by atoms with van der Waals surface area (Å²) in [7, 11) is 1.48. The number of benzene rings is 1. The van der Waals surface area contributed by atoms with Crippen molar-refractivity contribution in [3.8, 4) is 17.9 Å². The zero-order valence-electron chi connectivity index (χ0n) is 8.10. The van der Waals surface area contributed by atoms with Crippen LogP contribution in [0.25, 0.3) is 0 Å². The third kappa shape index (κ3) is 2.32. The Kier molecular flexibility index (Phi) is 3.43. The first-order chi connectivity index (χ1) is 7.22. The lowest BCUT2D eigenvalue weighted by Gasteiger charge is -2.03. The van der Waals surface area contributed by atoms with Gasteiger partial charge in [-0.1, -0.05) is 12.1 Å². The highest BCUT2D eigenvalue weighted by atomic mass is 16.5. The molecule has 0 radical (unpaired) electrons. The normalized spacial score (nSPS) is 9.07. The average molecular weight is 200 g/mol. The van der Waals surface area contributed by atoms with Gasteiger partial charge in [-0.15, -0.1) is 0 Å². The fourth-order valence-electron chi connectivity index (χ4n) is 1.09. The fourth-order valence-corrected chi connectivity index (χ4v) is 1.09. The monoisotopic (exact) mass is 200 g/mol. The van der Waals surface area contributed by atoms with Gasteiger partial charge in [0, 0.05) is 5.56 Å². The summed E-state index contributed by atoms with van der Waals surface area (Å²) in [5.74, 6) is -1.23. The molecule has 1 aromatic rings. The predicted molar refractivity (Wildman–Crippen MR) is 52.0 cm³/mol. The van der Waals surface area contributed by atoms with Crippen LogP contribution in [-0.4, -0.2) is 12.9 Å². The Hall–Kier alpha value is -2.33. The number of nitriles is 2. The Morgan fingerprint density at radius 2 is 2.07 bits per heavy atom. The molecule has 1 rings (SSSR count). The van der Waals surface area contributed by atoms with Crippen molar-refractivity contribution in [2.75, 3.05) is 7.11 Å². The van der Waals surface area contributed by atoms with E-state index < -0.39 is 11.7 Å². The van der Waals surface area contributed by atoms with E-state index >= 15 is 0 Å². The maximum Gasteiger partial charge on any atom is 0.195 e. The molecule has 0 atom stereocenters. The molecule has 1 aromatic carbocycles. The minimum Gasteiger partial charge on any atom is -0.497 e. The van der Waals surface area contributed by atoms with Gasteiger partial charge in [0.25, 0.3) is 0 Å². The molecule has 0 N–H and O–H groups in total. The molecule has 0 aliphatic heterocycles. The van der Waals surface area contributed by atoms with E-state index in [1.165, 1.54) is 13.2 Å². The molecule has 0 heterocycles. The Morgan fingerprint density at radius 3 is 2.60 bits per heavy atom. The van der Waals surface area contributed by atoms with Crippen LogP contribution in [0.4, 0.5) is 0 Å². The van der Waals surface area contributed by atoms with Crippen LogP contribution in [0.1, 0.15) is 10.4 Å². The third-order valence-electron chi connectivity index (χ3n) is 1.87. The SMILES string of the molecule is COc1cccc(C(=O)C(C#N)C#N)c1. The van der Waals surface area contributed by atoms with Gasteiger partial charge in [-0.05, 0) is 12.1 Å². The van der Waals surface area contributed by atoms with E-state index in [2.05, 4.69) is 0 Å². The van der Waals surface area contributed by atoms with Crippen LogP contribution in [-0.2, 0) is 0 Å². The van der Waals surface area contributed by atoms with Crippen LogP contribution in [0.2, 0.25) is 0 Å². The fraction of sp³-hybridized carbons (Fsp3) is 0.182. The highest BCUT2D eigenvalue weighted by Gasteiger charge is 2.18. The predicted octanol–water partition coefficient (Wildman–Crippen LogP) is 1.54. The van der Waals surface area contributed by atoms with Crippen molar-refractivity contribution in [3.05, 3.63) is 29.8 Å². The first kappa shape index (κ1) is 10.7. The van der Waals surface area contributed by atoms with Crippen molar-refractivity contribution >= 4 is 5.78 Å². The summed E-state index contributed by atoms with van der Waals surface area (Å²) in [4.78, 5) is 11.6. The van der Waals surface area contributed by atoms with Gasteiger partial charge in [0.15, 0.2) is 11.7 Å². The van der Waals surface area contributed by atoms with Crippen molar-refractivity contribution in [1.82, 2.24) is 0 Å². The Balaban J connectivity index is 3.03. The second-order valence-corrected chi connectivity index (χ2v) is 2.79. The summed E-state index contributed by atoms with van der Waals surface area (Å²) in [5.41, 5.74) is 0.308. The molecule has 0 bridgehead atoms. The molecule has 0 aromatic heterocycles. The zero-order valence-corrected chi connectivity index (χ0v) is 8.10. The van der Waals surface area contributed by atoms with Crippen LogP contribution in [0.5, 0.6) is 5.75 Å². The standard InChI is InChI=1S/C11H8N2O2/c1-15-10-4-2-3-8(5-10)11(14)9(6-12)7-13/h2-5,9H,1H3. The van der Waals surface area contributed by atoms with Crippen LogP contribution < -0.4 is 4.74 Å². The molecule has 0 fully saturated rings. The first-order valence-corrected chi connectivity index (χ1v) is 4.20. The quantitative estimate of drug-likeness (QED) is 0.693. The number of nitrogens with zero attached hydrogens (tertiary/aromatic N) is 2. The minimum atomic E-state index is -1.25. The molecule has 0 aliphatic carbocycles. The topological polar surface area (TPSA) is 73.9 Å². The van der Waals surface area contributed by atoms with Gasteiger partial charge in [0.05, 0.1) is 19.2 Å². The molecular weight excluding hydrogens is 192 g/mol. The van der Waals surface area contributed by atoms with Crippen LogP contribution >= 0.6 is 0 Å². The number of methoxy groups -OCH3 is 1. The Labute approximate surface area is 87.3 Å². The van der Waals surface area contributed by atoms with Crippen molar-refractivity contribution in [3.63, 3.8) is 0 Å². The van der Waals surface area contributed by atoms with Gasteiger partial charge in [0.1, 0.15) is 5.75 Å². The second kappa shape index (κ2) is 4.78. The number of hydrogen-bond acceptors (Lipinski definition) is 4. The van der Waals surface area contributed by atoms with E-state index in [1.54, 1.807) is 30.3 Å². The number of ether oxygens (including phenoxy) is 1.